The zero-order chi connectivity index (χ0) is 18.2. The smallest absolute Gasteiger partial charge is 0.256 e. The van der Waals surface area contributed by atoms with Gasteiger partial charge >= 0.3 is 0 Å². The van der Waals surface area contributed by atoms with Crippen molar-refractivity contribution in [2.45, 2.75) is 17.9 Å². The number of H-pyrrole nitrogens is 1. The number of carbonyl (C=O) groups excluding carboxylic acids is 1. The highest BCUT2D eigenvalue weighted by Crippen LogP contribution is 2.24. The van der Waals surface area contributed by atoms with Gasteiger partial charge in [-0.05, 0) is 36.8 Å². The van der Waals surface area contributed by atoms with Crippen LogP contribution in [0.3, 0.4) is 0 Å². The molecule has 0 fully saturated rings. The maximum atomic E-state index is 12.8. The molecule has 1 heterocycles. The summed E-state index contributed by atoms with van der Waals surface area (Å²) >= 11 is 0. The maximum Gasteiger partial charge on any atom is 0.256 e. The first-order chi connectivity index (χ1) is 11.8. The van der Waals surface area contributed by atoms with Crippen LogP contribution in [0.15, 0.2) is 47.4 Å². The Morgan fingerprint density at radius 1 is 1.12 bits per heavy atom. The standard InChI is InChI=1S/C17H18N4O3S/c1-11(12-7-9-13(10-8-12)25(3,23)24)21(2)17(22)14-5-4-6-15-16(14)19-20-18-15/h4-11H,1-3H3,(H,18,19,20)/t11-/m0/s1. The number of carbonyl (C=O) groups is 1. The van der Waals surface area contributed by atoms with E-state index in [-0.39, 0.29) is 16.8 Å². The van der Waals surface area contributed by atoms with E-state index in [4.69, 9.17) is 0 Å². The van der Waals surface area contributed by atoms with Gasteiger partial charge in [0, 0.05) is 13.3 Å². The second kappa shape index (κ2) is 6.29. The molecule has 0 aliphatic carbocycles. The molecule has 0 spiro atoms. The molecule has 2 aromatic carbocycles. The highest BCUT2D eigenvalue weighted by molar-refractivity contribution is 7.90. The molecule has 0 bridgehead atoms. The van der Waals surface area contributed by atoms with Crippen molar-refractivity contribution < 1.29 is 13.2 Å². The monoisotopic (exact) mass is 358 g/mol. The number of para-hydroxylation sites is 1. The van der Waals surface area contributed by atoms with Crippen LogP contribution in [0.4, 0.5) is 0 Å². The minimum absolute atomic E-state index is 0.181. The number of fused-ring (bicyclic) bond motifs is 1. The minimum atomic E-state index is -3.24. The SMILES string of the molecule is C[C@@H](c1ccc(S(C)(=O)=O)cc1)N(C)C(=O)c1cccc2n[nH]nc12. The minimum Gasteiger partial charge on any atom is -0.335 e. The van der Waals surface area contributed by atoms with Crippen molar-refractivity contribution in [2.75, 3.05) is 13.3 Å². The van der Waals surface area contributed by atoms with Crippen LogP contribution in [0.25, 0.3) is 11.0 Å². The number of amides is 1. The van der Waals surface area contributed by atoms with Gasteiger partial charge in [-0.3, -0.25) is 4.79 Å². The first kappa shape index (κ1) is 17.1. The Balaban J connectivity index is 1.88. The average molecular weight is 358 g/mol. The normalized spacial score (nSPS) is 12.9. The lowest BCUT2D eigenvalue weighted by atomic mass is 10.1. The van der Waals surface area contributed by atoms with Gasteiger partial charge in [-0.15, -0.1) is 0 Å². The van der Waals surface area contributed by atoms with Gasteiger partial charge in [0.05, 0.1) is 16.5 Å². The van der Waals surface area contributed by atoms with E-state index in [2.05, 4.69) is 15.4 Å². The molecule has 7 nitrogen and oxygen atoms in total. The molecule has 0 aliphatic heterocycles. The fourth-order valence-electron chi connectivity index (χ4n) is 2.62. The lowest BCUT2D eigenvalue weighted by molar-refractivity contribution is 0.0744. The summed E-state index contributed by atoms with van der Waals surface area (Å²) in [5, 5.41) is 10.6. The molecule has 3 aromatic rings. The fourth-order valence-corrected chi connectivity index (χ4v) is 3.25. The molecule has 130 valence electrons. The molecule has 1 amide bonds. The average Bonchev–Trinajstić information content (AvgIpc) is 3.08. The number of aromatic nitrogens is 3. The number of hydrogen-bond donors (Lipinski definition) is 1. The quantitative estimate of drug-likeness (QED) is 0.771. The largest absolute Gasteiger partial charge is 0.335 e. The van der Waals surface area contributed by atoms with Gasteiger partial charge in [-0.2, -0.15) is 15.4 Å². The first-order valence-electron chi connectivity index (χ1n) is 7.65. The Kier molecular flexibility index (Phi) is 4.30. The topological polar surface area (TPSA) is 96.0 Å². The molecule has 8 heteroatoms. The van der Waals surface area contributed by atoms with Gasteiger partial charge in [0.2, 0.25) is 0 Å². The molecule has 0 saturated carbocycles. The van der Waals surface area contributed by atoms with Crippen molar-refractivity contribution >= 4 is 26.8 Å². The van der Waals surface area contributed by atoms with E-state index in [1.54, 1.807) is 54.4 Å². The van der Waals surface area contributed by atoms with Gasteiger partial charge in [0.25, 0.3) is 5.91 Å². The lowest BCUT2D eigenvalue weighted by Crippen LogP contribution is -2.29. The number of rotatable bonds is 4. The maximum absolute atomic E-state index is 12.8. The highest BCUT2D eigenvalue weighted by Gasteiger charge is 2.22. The second-order valence-corrected chi connectivity index (χ2v) is 7.95. The van der Waals surface area contributed by atoms with Crippen LogP contribution in [0.2, 0.25) is 0 Å². The predicted molar refractivity (Wildman–Crippen MR) is 93.9 cm³/mol. The van der Waals surface area contributed by atoms with Gasteiger partial charge in [0.1, 0.15) is 11.0 Å². The van der Waals surface area contributed by atoms with Crippen molar-refractivity contribution in [3.05, 3.63) is 53.6 Å². The number of nitrogens with one attached hydrogen (secondary N) is 1. The van der Waals surface area contributed by atoms with E-state index in [1.165, 1.54) is 6.26 Å². The summed E-state index contributed by atoms with van der Waals surface area (Å²) in [5.74, 6) is -0.181. The molecule has 0 unspecified atom stereocenters. The van der Waals surface area contributed by atoms with Gasteiger partial charge in [-0.25, -0.2) is 8.42 Å². The first-order valence-corrected chi connectivity index (χ1v) is 9.55. The van der Waals surface area contributed by atoms with Crippen LogP contribution < -0.4 is 0 Å². The van der Waals surface area contributed by atoms with Crippen molar-refractivity contribution in [3.8, 4) is 0 Å². The van der Waals surface area contributed by atoms with Gasteiger partial charge < -0.3 is 4.90 Å². The number of sulfone groups is 1. The van der Waals surface area contributed by atoms with E-state index in [0.717, 1.165) is 5.56 Å². The van der Waals surface area contributed by atoms with E-state index in [1.807, 2.05) is 6.92 Å². The Hall–Kier alpha value is -2.74. The van der Waals surface area contributed by atoms with Crippen LogP contribution >= 0.6 is 0 Å². The van der Waals surface area contributed by atoms with Gasteiger partial charge in [0.15, 0.2) is 9.84 Å². The summed E-state index contributed by atoms with van der Waals surface area (Å²) in [6, 6.07) is 11.6. The van der Waals surface area contributed by atoms with Crippen molar-refractivity contribution in [1.82, 2.24) is 20.3 Å². The third-order valence-corrected chi connectivity index (χ3v) is 5.40. The number of hydrogen-bond acceptors (Lipinski definition) is 5. The number of aromatic amines is 1. The Labute approximate surface area is 145 Å². The van der Waals surface area contributed by atoms with E-state index in [0.29, 0.717) is 16.6 Å². The summed E-state index contributed by atoms with van der Waals surface area (Å²) in [6.45, 7) is 1.89. The van der Waals surface area contributed by atoms with Crippen LogP contribution in [0.1, 0.15) is 28.9 Å². The number of benzene rings is 2. The molecule has 25 heavy (non-hydrogen) atoms. The zero-order valence-corrected chi connectivity index (χ0v) is 14.9. The molecule has 0 aliphatic rings. The van der Waals surface area contributed by atoms with Crippen molar-refractivity contribution in [3.63, 3.8) is 0 Å². The second-order valence-electron chi connectivity index (χ2n) is 5.93. The van der Waals surface area contributed by atoms with Crippen molar-refractivity contribution in [2.24, 2.45) is 0 Å². The van der Waals surface area contributed by atoms with Crippen LogP contribution in [0, 0.1) is 0 Å². The van der Waals surface area contributed by atoms with Crippen LogP contribution in [-0.4, -0.2) is 47.9 Å². The molecular weight excluding hydrogens is 340 g/mol. The molecule has 1 N–H and O–H groups in total. The highest BCUT2D eigenvalue weighted by atomic mass is 32.2. The number of nitrogens with zero attached hydrogens (tertiary/aromatic N) is 3. The molecule has 1 aromatic heterocycles. The van der Waals surface area contributed by atoms with E-state index >= 15 is 0 Å². The van der Waals surface area contributed by atoms with E-state index < -0.39 is 9.84 Å². The molecule has 0 radical (unpaired) electrons. The molecule has 0 saturated heterocycles. The van der Waals surface area contributed by atoms with Crippen LogP contribution in [-0.2, 0) is 9.84 Å². The van der Waals surface area contributed by atoms with Gasteiger partial charge in [-0.1, -0.05) is 18.2 Å². The summed E-state index contributed by atoms with van der Waals surface area (Å²) in [6.07, 6.45) is 1.17. The van der Waals surface area contributed by atoms with Crippen molar-refractivity contribution in [1.29, 1.82) is 0 Å². The Morgan fingerprint density at radius 2 is 1.80 bits per heavy atom. The summed E-state index contributed by atoms with van der Waals surface area (Å²) < 4.78 is 23.1. The van der Waals surface area contributed by atoms with E-state index in [9.17, 15) is 13.2 Å². The molecule has 3 rings (SSSR count). The molecular formula is C17H18N4O3S. The predicted octanol–water partition coefficient (Wildman–Crippen LogP) is 2.19. The van der Waals surface area contributed by atoms with Crippen LogP contribution in [0.5, 0.6) is 0 Å². The Bertz CT molecular complexity index is 1030. The lowest BCUT2D eigenvalue weighted by Gasteiger charge is -2.25. The third kappa shape index (κ3) is 3.25. The fraction of sp³-hybridized carbons (Fsp3) is 0.235. The molecule has 1 atom stereocenters. The summed E-state index contributed by atoms with van der Waals surface area (Å²) in [7, 11) is -1.54. The third-order valence-electron chi connectivity index (χ3n) is 4.27. The summed E-state index contributed by atoms with van der Waals surface area (Å²) in [5.41, 5.74) is 2.47. The zero-order valence-electron chi connectivity index (χ0n) is 14.1. The summed E-state index contributed by atoms with van der Waals surface area (Å²) in [4.78, 5) is 14.7. The Morgan fingerprint density at radius 3 is 2.44 bits per heavy atom.